The van der Waals surface area contributed by atoms with E-state index in [0.717, 1.165) is 12.0 Å². The summed E-state index contributed by atoms with van der Waals surface area (Å²) in [4.78, 5) is 22.6. The summed E-state index contributed by atoms with van der Waals surface area (Å²) in [5.74, 6) is -1.54. The molecule has 0 saturated heterocycles. The van der Waals surface area contributed by atoms with Crippen LogP contribution in [-0.2, 0) is 0 Å². The molecule has 0 unspecified atom stereocenters. The molecule has 2 aliphatic rings. The molecule has 1 aliphatic heterocycles. The predicted octanol–water partition coefficient (Wildman–Crippen LogP) is 3.44. The number of carboxylic acids is 1. The van der Waals surface area contributed by atoms with Gasteiger partial charge in [-0.3, -0.25) is 10.1 Å². The maximum Gasteiger partial charge on any atom is 0.275 e. The summed E-state index contributed by atoms with van der Waals surface area (Å²) in [6.07, 6.45) is 4.67. The third-order valence-electron chi connectivity index (χ3n) is 5.14. The first kappa shape index (κ1) is 16.6. The molecule has 4 rings (SSSR count). The second-order valence-corrected chi connectivity index (χ2v) is 6.93. The quantitative estimate of drug-likeness (QED) is 0.508. The van der Waals surface area contributed by atoms with Gasteiger partial charge >= 0.3 is 0 Å². The highest BCUT2D eigenvalue weighted by molar-refractivity contribution is 6.30. The molecule has 1 aliphatic carbocycles. The fraction of sp³-hybridized carbons (Fsp3) is 0.211. The summed E-state index contributed by atoms with van der Waals surface area (Å²) < 4.78 is 0. The van der Waals surface area contributed by atoms with Gasteiger partial charge in [-0.15, -0.1) is 0 Å². The van der Waals surface area contributed by atoms with Crippen molar-refractivity contribution in [2.24, 2.45) is 5.92 Å². The van der Waals surface area contributed by atoms with Crippen LogP contribution < -0.4 is 10.4 Å². The number of hydrogen-bond donors (Lipinski definition) is 1. The Labute approximate surface area is 154 Å². The summed E-state index contributed by atoms with van der Waals surface area (Å²) in [7, 11) is 0. The van der Waals surface area contributed by atoms with Crippen molar-refractivity contribution in [2.45, 2.75) is 18.4 Å². The molecule has 0 bridgehead atoms. The molecule has 2 aromatic carbocycles. The molecule has 132 valence electrons. The maximum atomic E-state index is 11.6. The minimum atomic E-state index is -1.36. The van der Waals surface area contributed by atoms with Crippen LogP contribution in [0.1, 0.15) is 39.9 Å². The fourth-order valence-electron chi connectivity index (χ4n) is 4.02. The lowest BCUT2D eigenvalue weighted by Crippen LogP contribution is -2.33. The van der Waals surface area contributed by atoms with Gasteiger partial charge in [0.1, 0.15) is 0 Å². The molecule has 0 fully saturated rings. The Morgan fingerprint density at radius 2 is 1.92 bits per heavy atom. The number of nitro benzene ring substituents is 1. The SMILES string of the molecule is O=C([O-])c1ccc([N+](=O)[O-])c2c1N[C@H](c1ccc(Cl)cc1)[C@H]1CC=C[C@H]21. The molecular weight excluding hydrogens is 356 g/mol. The predicted molar refractivity (Wildman–Crippen MR) is 95.2 cm³/mol. The number of nitrogens with one attached hydrogen (secondary N) is 1. The Kier molecular flexibility index (Phi) is 3.92. The number of anilines is 1. The van der Waals surface area contributed by atoms with Crippen molar-refractivity contribution in [2.75, 3.05) is 5.32 Å². The Bertz CT molecular complexity index is 939. The van der Waals surface area contributed by atoms with Crippen molar-refractivity contribution in [1.82, 2.24) is 0 Å². The smallest absolute Gasteiger partial charge is 0.275 e. The van der Waals surface area contributed by atoms with E-state index in [0.29, 0.717) is 10.6 Å². The highest BCUT2D eigenvalue weighted by atomic mass is 35.5. The number of fused-ring (bicyclic) bond motifs is 3. The molecule has 0 spiro atoms. The molecule has 7 heteroatoms. The molecule has 0 radical (unpaired) electrons. The summed E-state index contributed by atoms with van der Waals surface area (Å²) in [6.45, 7) is 0. The van der Waals surface area contributed by atoms with Crippen molar-refractivity contribution < 1.29 is 14.8 Å². The third-order valence-corrected chi connectivity index (χ3v) is 5.39. The van der Waals surface area contributed by atoms with Crippen LogP contribution in [0.5, 0.6) is 0 Å². The van der Waals surface area contributed by atoms with E-state index >= 15 is 0 Å². The molecule has 0 saturated carbocycles. The lowest BCUT2D eigenvalue weighted by molar-refractivity contribution is -0.385. The number of aromatic carboxylic acids is 1. The second-order valence-electron chi connectivity index (χ2n) is 6.49. The van der Waals surface area contributed by atoms with Crippen molar-refractivity contribution in [3.8, 4) is 0 Å². The van der Waals surface area contributed by atoms with Crippen molar-refractivity contribution >= 4 is 28.9 Å². The van der Waals surface area contributed by atoms with Gasteiger partial charge in [0.05, 0.1) is 28.2 Å². The number of halogens is 1. The van der Waals surface area contributed by atoms with Crippen LogP contribution in [0, 0.1) is 16.0 Å². The second kappa shape index (κ2) is 6.14. The van der Waals surface area contributed by atoms with Gasteiger partial charge in [-0.2, -0.15) is 0 Å². The van der Waals surface area contributed by atoms with Gasteiger partial charge in [-0.25, -0.2) is 0 Å². The minimum absolute atomic E-state index is 0.0550. The highest BCUT2D eigenvalue weighted by Gasteiger charge is 2.42. The number of nitrogens with zero attached hydrogens (tertiary/aromatic N) is 1. The van der Waals surface area contributed by atoms with Crippen LogP contribution in [0.15, 0.2) is 48.6 Å². The lowest BCUT2D eigenvalue weighted by atomic mass is 9.75. The van der Waals surface area contributed by atoms with E-state index in [1.807, 2.05) is 24.3 Å². The average Bonchev–Trinajstić information content (AvgIpc) is 3.10. The Morgan fingerprint density at radius 3 is 2.58 bits per heavy atom. The Balaban J connectivity index is 1.91. The van der Waals surface area contributed by atoms with Gasteiger partial charge < -0.3 is 15.2 Å². The summed E-state index contributed by atoms with van der Waals surface area (Å²) in [5.41, 5.74) is 1.50. The van der Waals surface area contributed by atoms with Gasteiger partial charge in [-0.1, -0.05) is 35.9 Å². The van der Waals surface area contributed by atoms with E-state index in [1.54, 1.807) is 12.1 Å². The van der Waals surface area contributed by atoms with Gasteiger partial charge in [0.25, 0.3) is 5.69 Å². The molecular formula is C19H14ClN2O4-. The van der Waals surface area contributed by atoms with Gasteiger partial charge in [0, 0.05) is 22.6 Å². The van der Waals surface area contributed by atoms with Crippen molar-refractivity contribution in [3.63, 3.8) is 0 Å². The van der Waals surface area contributed by atoms with Crippen LogP contribution >= 0.6 is 11.6 Å². The Hall–Kier alpha value is -2.86. The zero-order valence-corrected chi connectivity index (χ0v) is 14.3. The number of carboxylic acid groups (broad SMARTS) is 1. The highest BCUT2D eigenvalue weighted by Crippen LogP contribution is 2.53. The van der Waals surface area contributed by atoms with E-state index in [9.17, 15) is 20.0 Å². The van der Waals surface area contributed by atoms with E-state index in [1.165, 1.54) is 12.1 Å². The van der Waals surface area contributed by atoms with E-state index in [4.69, 9.17) is 11.6 Å². The van der Waals surface area contributed by atoms with E-state index in [2.05, 4.69) is 5.32 Å². The first-order chi connectivity index (χ1) is 12.5. The largest absolute Gasteiger partial charge is 0.545 e. The molecule has 0 aromatic heterocycles. The van der Waals surface area contributed by atoms with Crippen LogP contribution in [-0.4, -0.2) is 10.9 Å². The number of nitro groups is 1. The standard InChI is InChI=1S/C19H15ClN2O4/c20-11-6-4-10(5-7-11)17-13-3-1-2-12(13)16-15(22(25)26)9-8-14(19(23)24)18(16)21-17/h1-2,4-9,12-13,17,21H,3H2,(H,23,24)/p-1/t12-,13-,17+/m0/s1. The Morgan fingerprint density at radius 1 is 1.19 bits per heavy atom. The average molecular weight is 370 g/mol. The van der Waals surface area contributed by atoms with Gasteiger partial charge in [0.15, 0.2) is 0 Å². The first-order valence-corrected chi connectivity index (χ1v) is 8.56. The third kappa shape index (κ3) is 2.54. The molecule has 2 aromatic rings. The number of carbonyl (C=O) groups excluding carboxylic acids is 1. The molecule has 6 nitrogen and oxygen atoms in total. The van der Waals surface area contributed by atoms with Crippen LogP contribution in [0.3, 0.4) is 0 Å². The van der Waals surface area contributed by atoms with Gasteiger partial charge in [-0.05, 0) is 36.1 Å². The van der Waals surface area contributed by atoms with Gasteiger partial charge in [0.2, 0.25) is 0 Å². The summed E-state index contributed by atoms with van der Waals surface area (Å²) in [6, 6.07) is 9.62. The maximum absolute atomic E-state index is 11.6. The zero-order chi connectivity index (χ0) is 18.4. The summed E-state index contributed by atoms with van der Waals surface area (Å²) in [5, 5.41) is 26.9. The van der Waals surface area contributed by atoms with Crippen LogP contribution in [0.2, 0.25) is 5.02 Å². The summed E-state index contributed by atoms with van der Waals surface area (Å²) >= 11 is 5.97. The molecule has 1 N–H and O–H groups in total. The van der Waals surface area contributed by atoms with E-state index < -0.39 is 10.9 Å². The molecule has 3 atom stereocenters. The number of rotatable bonds is 3. The van der Waals surface area contributed by atoms with Crippen molar-refractivity contribution in [3.05, 3.63) is 80.4 Å². The van der Waals surface area contributed by atoms with E-state index in [-0.39, 0.29) is 34.8 Å². The molecule has 1 heterocycles. The number of benzene rings is 2. The molecule has 26 heavy (non-hydrogen) atoms. The monoisotopic (exact) mass is 369 g/mol. The normalized spacial score (nSPS) is 23.0. The zero-order valence-electron chi connectivity index (χ0n) is 13.5. The first-order valence-electron chi connectivity index (χ1n) is 8.18. The number of allylic oxidation sites excluding steroid dienone is 2. The van der Waals surface area contributed by atoms with Crippen molar-refractivity contribution in [1.29, 1.82) is 0 Å². The fourth-order valence-corrected chi connectivity index (χ4v) is 4.15. The topological polar surface area (TPSA) is 95.3 Å². The van der Waals surface area contributed by atoms with Crippen LogP contribution in [0.4, 0.5) is 11.4 Å². The molecule has 0 amide bonds. The number of carbonyl (C=O) groups is 1. The lowest BCUT2D eigenvalue weighted by Gasteiger charge is -2.38. The van der Waals surface area contributed by atoms with Crippen LogP contribution in [0.25, 0.3) is 0 Å². The minimum Gasteiger partial charge on any atom is -0.545 e. The number of hydrogen-bond acceptors (Lipinski definition) is 5.